The van der Waals surface area contributed by atoms with E-state index in [1.54, 1.807) is 12.1 Å². The average Bonchev–Trinajstić information content (AvgIpc) is 2.90. The smallest absolute Gasteiger partial charge is 0.251 e. The van der Waals surface area contributed by atoms with Crippen LogP contribution < -0.4 is 16.0 Å². The second-order valence-corrected chi connectivity index (χ2v) is 7.04. The van der Waals surface area contributed by atoms with Crippen molar-refractivity contribution in [3.63, 3.8) is 0 Å². The van der Waals surface area contributed by atoms with E-state index in [1.165, 1.54) is 0 Å². The molecule has 0 spiro atoms. The highest BCUT2D eigenvalue weighted by Crippen LogP contribution is 2.36. The number of hydrogen-bond donors (Lipinski definition) is 3. The van der Waals surface area contributed by atoms with Crippen LogP contribution in [0.25, 0.3) is 0 Å². The first-order valence-electron chi connectivity index (χ1n) is 8.58. The molecule has 1 saturated carbocycles. The van der Waals surface area contributed by atoms with E-state index in [9.17, 15) is 14.4 Å². The third kappa shape index (κ3) is 2.37. The molecule has 3 N–H and O–H groups in total. The molecular formula is C18H21N3O3. The molecule has 24 heavy (non-hydrogen) atoms. The SMILES string of the molecule is O=C1C[C@]2(NC(=O)C3CNC(=O)c4ccccc43)CCCC[C@@H]2N1. The van der Waals surface area contributed by atoms with Crippen LogP contribution in [0.5, 0.6) is 0 Å². The summed E-state index contributed by atoms with van der Waals surface area (Å²) in [5, 5.41) is 8.97. The minimum atomic E-state index is -0.469. The Hall–Kier alpha value is -2.37. The summed E-state index contributed by atoms with van der Waals surface area (Å²) in [6.45, 7) is 0.295. The minimum absolute atomic E-state index is 0.0135. The van der Waals surface area contributed by atoms with Gasteiger partial charge >= 0.3 is 0 Å². The fourth-order valence-electron chi connectivity index (χ4n) is 4.36. The molecule has 3 atom stereocenters. The van der Waals surface area contributed by atoms with Crippen molar-refractivity contribution in [1.29, 1.82) is 0 Å². The maximum Gasteiger partial charge on any atom is 0.251 e. The predicted molar refractivity (Wildman–Crippen MR) is 87.4 cm³/mol. The van der Waals surface area contributed by atoms with Crippen LogP contribution in [0.15, 0.2) is 24.3 Å². The van der Waals surface area contributed by atoms with E-state index in [4.69, 9.17) is 0 Å². The van der Waals surface area contributed by atoms with Gasteiger partial charge in [0.05, 0.1) is 23.9 Å². The summed E-state index contributed by atoms with van der Waals surface area (Å²) in [7, 11) is 0. The van der Waals surface area contributed by atoms with Crippen LogP contribution in [0, 0.1) is 0 Å². The summed E-state index contributed by atoms with van der Waals surface area (Å²) in [5.41, 5.74) is 0.852. The second-order valence-electron chi connectivity index (χ2n) is 7.04. The van der Waals surface area contributed by atoms with Gasteiger partial charge in [-0.15, -0.1) is 0 Å². The number of carbonyl (C=O) groups excluding carboxylic acids is 3. The van der Waals surface area contributed by atoms with Gasteiger partial charge in [0.2, 0.25) is 11.8 Å². The quantitative estimate of drug-likeness (QED) is 0.752. The number of hydrogen-bond acceptors (Lipinski definition) is 3. The molecule has 1 aliphatic carbocycles. The lowest BCUT2D eigenvalue weighted by atomic mass is 9.77. The first kappa shape index (κ1) is 15.2. The van der Waals surface area contributed by atoms with Gasteiger partial charge < -0.3 is 16.0 Å². The first-order valence-corrected chi connectivity index (χ1v) is 8.58. The van der Waals surface area contributed by atoms with Gasteiger partial charge in [-0.3, -0.25) is 14.4 Å². The molecule has 0 radical (unpaired) electrons. The van der Waals surface area contributed by atoms with Crippen LogP contribution in [-0.2, 0) is 9.59 Å². The molecule has 0 aromatic heterocycles. The monoisotopic (exact) mass is 327 g/mol. The van der Waals surface area contributed by atoms with E-state index in [0.717, 1.165) is 31.2 Å². The molecular weight excluding hydrogens is 306 g/mol. The van der Waals surface area contributed by atoms with Crippen molar-refractivity contribution in [2.45, 2.75) is 49.6 Å². The van der Waals surface area contributed by atoms with E-state index in [0.29, 0.717) is 18.5 Å². The van der Waals surface area contributed by atoms with Gasteiger partial charge in [0.15, 0.2) is 0 Å². The van der Waals surface area contributed by atoms with Crippen LogP contribution in [0.3, 0.4) is 0 Å². The van der Waals surface area contributed by atoms with Gasteiger partial charge in [-0.1, -0.05) is 31.0 Å². The third-order valence-corrected chi connectivity index (χ3v) is 5.58. The van der Waals surface area contributed by atoms with Crippen molar-refractivity contribution in [3.8, 4) is 0 Å². The summed E-state index contributed by atoms with van der Waals surface area (Å²) in [5.74, 6) is -0.641. The molecule has 0 bridgehead atoms. The van der Waals surface area contributed by atoms with Gasteiger partial charge in [-0.2, -0.15) is 0 Å². The number of amides is 3. The topological polar surface area (TPSA) is 87.3 Å². The number of nitrogens with one attached hydrogen (secondary N) is 3. The molecule has 2 fully saturated rings. The van der Waals surface area contributed by atoms with E-state index >= 15 is 0 Å². The second kappa shape index (κ2) is 5.61. The number of benzene rings is 1. The van der Waals surface area contributed by atoms with Crippen LogP contribution in [0.1, 0.15) is 53.9 Å². The zero-order chi connectivity index (χ0) is 16.7. The van der Waals surface area contributed by atoms with Crippen molar-refractivity contribution < 1.29 is 14.4 Å². The number of carbonyl (C=O) groups is 3. The van der Waals surface area contributed by atoms with Crippen molar-refractivity contribution in [2.24, 2.45) is 0 Å². The summed E-state index contributed by atoms with van der Waals surface area (Å²) in [4.78, 5) is 36.8. The molecule has 1 saturated heterocycles. The lowest BCUT2D eigenvalue weighted by Gasteiger charge is -2.40. The molecule has 3 aliphatic rings. The standard InChI is InChI=1S/C18H21N3O3/c22-15-9-18(8-4-3-7-14(18)20-15)21-17(24)13-10-19-16(23)12-6-2-1-5-11(12)13/h1-2,5-6,13-14H,3-4,7-10H2,(H,19,23)(H,20,22)(H,21,24)/t13?,14-,18+/m0/s1. The highest BCUT2D eigenvalue weighted by atomic mass is 16.2. The molecule has 2 aliphatic heterocycles. The van der Waals surface area contributed by atoms with Crippen LogP contribution >= 0.6 is 0 Å². The zero-order valence-electron chi connectivity index (χ0n) is 13.4. The van der Waals surface area contributed by atoms with Gasteiger partial charge in [0, 0.05) is 12.1 Å². The van der Waals surface area contributed by atoms with Gasteiger partial charge in [0.25, 0.3) is 5.91 Å². The van der Waals surface area contributed by atoms with Gasteiger partial charge in [-0.05, 0) is 24.5 Å². The van der Waals surface area contributed by atoms with E-state index < -0.39 is 11.5 Å². The van der Waals surface area contributed by atoms with E-state index in [1.807, 2.05) is 12.1 Å². The third-order valence-electron chi connectivity index (χ3n) is 5.58. The zero-order valence-corrected chi connectivity index (χ0v) is 13.4. The lowest BCUT2D eigenvalue weighted by molar-refractivity contribution is -0.125. The Morgan fingerprint density at radius 2 is 2.04 bits per heavy atom. The van der Waals surface area contributed by atoms with Crippen LogP contribution in [-0.4, -0.2) is 35.8 Å². The fourth-order valence-corrected chi connectivity index (χ4v) is 4.36. The van der Waals surface area contributed by atoms with Crippen molar-refractivity contribution in [3.05, 3.63) is 35.4 Å². The Labute approximate surface area is 140 Å². The highest BCUT2D eigenvalue weighted by Gasteiger charge is 2.49. The van der Waals surface area contributed by atoms with Crippen LogP contribution in [0.4, 0.5) is 0 Å². The van der Waals surface area contributed by atoms with E-state index in [2.05, 4.69) is 16.0 Å². The Balaban J connectivity index is 1.60. The van der Waals surface area contributed by atoms with E-state index in [-0.39, 0.29) is 23.8 Å². The molecule has 6 heteroatoms. The summed E-state index contributed by atoms with van der Waals surface area (Å²) < 4.78 is 0. The Kier molecular flexibility index (Phi) is 3.55. The molecule has 1 aromatic rings. The number of fused-ring (bicyclic) bond motifs is 2. The molecule has 126 valence electrons. The summed E-state index contributed by atoms with van der Waals surface area (Å²) >= 11 is 0. The van der Waals surface area contributed by atoms with Crippen molar-refractivity contribution in [1.82, 2.24) is 16.0 Å². The predicted octanol–water partition coefficient (Wildman–Crippen LogP) is 0.831. The molecule has 3 amide bonds. The Morgan fingerprint density at radius 3 is 2.92 bits per heavy atom. The highest BCUT2D eigenvalue weighted by molar-refractivity contribution is 6.00. The normalized spacial score (nSPS) is 31.5. The van der Waals surface area contributed by atoms with Crippen molar-refractivity contribution >= 4 is 17.7 Å². The van der Waals surface area contributed by atoms with Crippen LogP contribution in [0.2, 0.25) is 0 Å². The Bertz CT molecular complexity index is 717. The largest absolute Gasteiger partial charge is 0.351 e. The minimum Gasteiger partial charge on any atom is -0.351 e. The first-order chi connectivity index (χ1) is 11.6. The maximum atomic E-state index is 13.0. The molecule has 1 aromatic carbocycles. The lowest BCUT2D eigenvalue weighted by Crippen LogP contribution is -2.59. The summed E-state index contributed by atoms with van der Waals surface area (Å²) in [6, 6.07) is 7.25. The van der Waals surface area contributed by atoms with Gasteiger partial charge in [0.1, 0.15) is 0 Å². The molecule has 6 nitrogen and oxygen atoms in total. The maximum absolute atomic E-state index is 13.0. The molecule has 4 rings (SSSR count). The molecule has 2 heterocycles. The summed E-state index contributed by atoms with van der Waals surface area (Å²) in [6.07, 6.45) is 4.17. The van der Waals surface area contributed by atoms with Crippen molar-refractivity contribution in [2.75, 3.05) is 6.54 Å². The molecule has 1 unspecified atom stereocenters. The number of rotatable bonds is 2. The van der Waals surface area contributed by atoms with Gasteiger partial charge in [-0.25, -0.2) is 0 Å². The fraction of sp³-hybridized carbons (Fsp3) is 0.500. The average molecular weight is 327 g/mol. The Morgan fingerprint density at radius 1 is 1.21 bits per heavy atom.